The number of ether oxygens (including phenoxy) is 1. The van der Waals surface area contributed by atoms with Crippen LogP contribution in [0.2, 0.25) is 15.1 Å². The van der Waals surface area contributed by atoms with Gasteiger partial charge in [0.05, 0.1) is 28.9 Å². The second kappa shape index (κ2) is 6.18. The average Bonchev–Trinajstić information content (AvgIpc) is 3.06. The molecule has 2 aromatic rings. The van der Waals surface area contributed by atoms with Crippen molar-refractivity contribution in [1.82, 2.24) is 0 Å². The molecule has 0 spiro atoms. The number of anilines is 1. The van der Waals surface area contributed by atoms with E-state index in [1.165, 1.54) is 0 Å². The number of hydrogen-bond donors (Lipinski definition) is 1. The van der Waals surface area contributed by atoms with E-state index >= 15 is 0 Å². The monoisotopic (exact) mass is 379 g/mol. The van der Waals surface area contributed by atoms with Gasteiger partial charge >= 0.3 is 0 Å². The summed E-state index contributed by atoms with van der Waals surface area (Å²) in [6, 6.07) is 9.76. The van der Waals surface area contributed by atoms with Gasteiger partial charge in [-0.3, -0.25) is 0 Å². The molecule has 0 aromatic heterocycles. The lowest BCUT2D eigenvalue weighted by Gasteiger charge is -2.38. The highest BCUT2D eigenvalue weighted by Crippen LogP contribution is 2.54. The van der Waals surface area contributed by atoms with Crippen LogP contribution < -0.4 is 10.1 Å². The van der Waals surface area contributed by atoms with Crippen molar-refractivity contribution in [3.63, 3.8) is 0 Å². The molecule has 1 aliphatic heterocycles. The molecule has 0 unspecified atom stereocenters. The third-order valence-corrected chi connectivity index (χ3v) is 6.02. The zero-order valence-corrected chi connectivity index (χ0v) is 15.3. The van der Waals surface area contributed by atoms with Crippen molar-refractivity contribution in [2.75, 3.05) is 12.4 Å². The van der Waals surface area contributed by atoms with Crippen molar-refractivity contribution in [2.24, 2.45) is 5.92 Å². The van der Waals surface area contributed by atoms with Gasteiger partial charge in [-0.1, -0.05) is 53.0 Å². The molecule has 1 aliphatic carbocycles. The highest BCUT2D eigenvalue weighted by Gasteiger charge is 2.40. The first kappa shape index (κ1) is 16.1. The van der Waals surface area contributed by atoms with Crippen LogP contribution in [0.25, 0.3) is 0 Å². The van der Waals surface area contributed by atoms with Crippen molar-refractivity contribution >= 4 is 40.5 Å². The van der Waals surface area contributed by atoms with Crippen LogP contribution in [0.1, 0.15) is 29.5 Å². The summed E-state index contributed by atoms with van der Waals surface area (Å²) in [5.74, 6) is 1.46. The molecule has 4 rings (SSSR count). The Hall–Kier alpha value is -1.35. The van der Waals surface area contributed by atoms with Crippen molar-refractivity contribution < 1.29 is 4.74 Å². The largest absolute Gasteiger partial charge is 0.495 e. The molecule has 0 amide bonds. The van der Waals surface area contributed by atoms with E-state index in [0.717, 1.165) is 34.0 Å². The van der Waals surface area contributed by atoms with Gasteiger partial charge in [0.2, 0.25) is 0 Å². The van der Waals surface area contributed by atoms with E-state index in [-0.39, 0.29) is 12.0 Å². The van der Waals surface area contributed by atoms with Gasteiger partial charge in [-0.2, -0.15) is 0 Å². The third kappa shape index (κ3) is 2.48. The van der Waals surface area contributed by atoms with Gasteiger partial charge in [-0.25, -0.2) is 0 Å². The Morgan fingerprint density at radius 3 is 2.58 bits per heavy atom. The van der Waals surface area contributed by atoms with Crippen LogP contribution >= 0.6 is 34.8 Å². The van der Waals surface area contributed by atoms with Crippen molar-refractivity contribution in [1.29, 1.82) is 0 Å². The van der Waals surface area contributed by atoms with Crippen LogP contribution in [0, 0.1) is 5.92 Å². The van der Waals surface area contributed by atoms with Crippen LogP contribution in [0.3, 0.4) is 0 Å². The van der Waals surface area contributed by atoms with Crippen LogP contribution in [-0.2, 0) is 0 Å². The second-order valence-corrected chi connectivity index (χ2v) is 7.41. The molecule has 1 heterocycles. The SMILES string of the molecule is COc1ccc(Cl)c2c1N[C@H](c1ccc(Cl)c(Cl)c1)[C@H]1CC=C[C@H]21. The van der Waals surface area contributed by atoms with Crippen molar-refractivity contribution in [3.8, 4) is 5.75 Å². The van der Waals surface area contributed by atoms with Gasteiger partial charge in [0.1, 0.15) is 5.75 Å². The average molecular weight is 381 g/mol. The Bertz CT molecular complexity index is 834. The maximum absolute atomic E-state index is 6.51. The Morgan fingerprint density at radius 2 is 1.83 bits per heavy atom. The predicted octanol–water partition coefficient (Wildman–Crippen LogP) is 6.48. The zero-order chi connectivity index (χ0) is 16.8. The standard InChI is InChI=1S/C19H16Cl3NO/c1-24-16-8-7-14(21)17-11-3-2-4-12(11)18(23-19(16)17)10-5-6-13(20)15(22)9-10/h2-3,5-9,11-12,18,23H,4H2,1H3/t11-,12-,18+/m0/s1. The first-order chi connectivity index (χ1) is 11.6. The summed E-state index contributed by atoms with van der Waals surface area (Å²) >= 11 is 18.8. The summed E-state index contributed by atoms with van der Waals surface area (Å²) in [6.07, 6.45) is 5.47. The fourth-order valence-corrected chi connectivity index (χ4v) is 4.43. The third-order valence-electron chi connectivity index (χ3n) is 4.95. The summed E-state index contributed by atoms with van der Waals surface area (Å²) in [5, 5.41) is 5.55. The van der Waals surface area contributed by atoms with Gasteiger partial charge in [0.25, 0.3) is 0 Å². The van der Waals surface area contributed by atoms with E-state index in [4.69, 9.17) is 39.5 Å². The number of hydrogen-bond acceptors (Lipinski definition) is 2. The minimum absolute atomic E-state index is 0.125. The lowest BCUT2D eigenvalue weighted by Crippen LogP contribution is -2.29. The summed E-state index contributed by atoms with van der Waals surface area (Å²) in [5.41, 5.74) is 3.20. The smallest absolute Gasteiger partial charge is 0.142 e. The lowest BCUT2D eigenvalue weighted by molar-refractivity contribution is 0.397. The Balaban J connectivity index is 1.85. The number of halogens is 3. The molecular formula is C19H16Cl3NO. The molecule has 0 radical (unpaired) electrons. The van der Waals surface area contributed by atoms with Gasteiger partial charge in [0.15, 0.2) is 0 Å². The predicted molar refractivity (Wildman–Crippen MR) is 101 cm³/mol. The van der Waals surface area contributed by atoms with Gasteiger partial charge in [0, 0.05) is 16.5 Å². The quantitative estimate of drug-likeness (QED) is 0.602. The summed E-state index contributed by atoms with van der Waals surface area (Å²) in [7, 11) is 1.68. The molecule has 1 N–H and O–H groups in total. The zero-order valence-electron chi connectivity index (χ0n) is 13.0. The highest BCUT2D eigenvalue weighted by molar-refractivity contribution is 6.42. The first-order valence-electron chi connectivity index (χ1n) is 7.84. The molecule has 3 atom stereocenters. The number of allylic oxidation sites excluding steroid dienone is 2. The van der Waals surface area contributed by atoms with E-state index in [0.29, 0.717) is 16.0 Å². The minimum Gasteiger partial charge on any atom is -0.495 e. The van der Waals surface area contributed by atoms with E-state index in [2.05, 4.69) is 17.5 Å². The van der Waals surface area contributed by atoms with Gasteiger partial charge in [-0.15, -0.1) is 0 Å². The second-order valence-electron chi connectivity index (χ2n) is 6.19. The van der Waals surface area contributed by atoms with Crippen molar-refractivity contribution in [2.45, 2.75) is 18.4 Å². The normalized spacial score (nSPS) is 24.2. The fraction of sp³-hybridized carbons (Fsp3) is 0.263. The van der Waals surface area contributed by atoms with E-state index in [1.54, 1.807) is 7.11 Å². The first-order valence-corrected chi connectivity index (χ1v) is 8.98. The number of nitrogens with one attached hydrogen (secondary N) is 1. The molecular weight excluding hydrogens is 365 g/mol. The van der Waals surface area contributed by atoms with Crippen LogP contribution in [-0.4, -0.2) is 7.11 Å². The van der Waals surface area contributed by atoms with Gasteiger partial charge in [-0.05, 0) is 42.2 Å². The molecule has 2 aromatic carbocycles. The minimum atomic E-state index is 0.125. The number of methoxy groups -OCH3 is 1. The molecule has 0 fully saturated rings. The Labute approximate surface area is 156 Å². The maximum atomic E-state index is 6.51. The highest BCUT2D eigenvalue weighted by atomic mass is 35.5. The van der Waals surface area contributed by atoms with Crippen LogP contribution in [0.4, 0.5) is 5.69 Å². The molecule has 5 heteroatoms. The molecule has 2 nitrogen and oxygen atoms in total. The number of rotatable bonds is 2. The molecule has 0 bridgehead atoms. The van der Waals surface area contributed by atoms with Crippen molar-refractivity contribution in [3.05, 3.63) is 68.7 Å². The lowest BCUT2D eigenvalue weighted by atomic mass is 9.77. The molecule has 24 heavy (non-hydrogen) atoms. The summed E-state index contributed by atoms with van der Waals surface area (Å²) < 4.78 is 5.55. The topological polar surface area (TPSA) is 21.3 Å². The van der Waals surface area contributed by atoms with E-state index in [1.807, 2.05) is 30.3 Å². The Morgan fingerprint density at radius 1 is 1.04 bits per heavy atom. The Kier molecular flexibility index (Phi) is 4.16. The van der Waals surface area contributed by atoms with E-state index < -0.39 is 0 Å². The molecule has 0 saturated heterocycles. The number of benzene rings is 2. The fourth-order valence-electron chi connectivity index (χ4n) is 3.84. The number of fused-ring (bicyclic) bond motifs is 3. The maximum Gasteiger partial charge on any atom is 0.142 e. The molecule has 2 aliphatic rings. The van der Waals surface area contributed by atoms with Gasteiger partial charge < -0.3 is 10.1 Å². The van der Waals surface area contributed by atoms with Crippen LogP contribution in [0.15, 0.2) is 42.5 Å². The van der Waals surface area contributed by atoms with E-state index in [9.17, 15) is 0 Å². The molecule has 0 saturated carbocycles. The molecule has 124 valence electrons. The summed E-state index contributed by atoms with van der Waals surface area (Å²) in [6.45, 7) is 0. The van der Waals surface area contributed by atoms with Crippen LogP contribution in [0.5, 0.6) is 5.75 Å². The summed E-state index contributed by atoms with van der Waals surface area (Å²) in [4.78, 5) is 0.